The Kier molecular flexibility index (Phi) is 6.29. The van der Waals surface area contributed by atoms with Crippen molar-refractivity contribution in [2.45, 2.75) is 18.4 Å². The maximum atomic E-state index is 14.0. The Bertz CT molecular complexity index is 1700. The summed E-state index contributed by atoms with van der Waals surface area (Å²) in [6.45, 7) is 2.97. The molecule has 1 aliphatic heterocycles. The van der Waals surface area contributed by atoms with Crippen LogP contribution in [0.4, 0.5) is 10.2 Å². The van der Waals surface area contributed by atoms with E-state index in [2.05, 4.69) is 14.9 Å². The van der Waals surface area contributed by atoms with E-state index in [-0.39, 0.29) is 33.9 Å². The maximum absolute atomic E-state index is 14.0. The van der Waals surface area contributed by atoms with Gasteiger partial charge in [0.25, 0.3) is 0 Å². The summed E-state index contributed by atoms with van der Waals surface area (Å²) in [7, 11) is -6.94. The Morgan fingerprint density at radius 2 is 1.81 bits per heavy atom. The highest BCUT2D eigenvalue weighted by atomic mass is 32.2. The lowest BCUT2D eigenvalue weighted by Gasteiger charge is -2.48. The van der Waals surface area contributed by atoms with Crippen molar-refractivity contribution < 1.29 is 25.7 Å². The number of nitrogens with zero attached hydrogens (tertiary/aromatic N) is 3. The van der Waals surface area contributed by atoms with Gasteiger partial charge >= 0.3 is 0 Å². The third-order valence-electron chi connectivity index (χ3n) is 6.18. The third kappa shape index (κ3) is 5.50. The van der Waals surface area contributed by atoms with Crippen LogP contribution in [0.15, 0.2) is 70.1 Å². The Hall–Kier alpha value is -3.35. The Balaban J connectivity index is 1.27. The van der Waals surface area contributed by atoms with Crippen LogP contribution in [-0.2, 0) is 26.4 Å². The van der Waals surface area contributed by atoms with Gasteiger partial charge in [-0.2, -0.15) is 0 Å². The highest BCUT2D eigenvalue weighted by Crippen LogP contribution is 2.35. The van der Waals surface area contributed by atoms with Gasteiger partial charge in [-0.1, -0.05) is 24.2 Å². The summed E-state index contributed by atoms with van der Waals surface area (Å²) >= 11 is 0. The van der Waals surface area contributed by atoms with E-state index < -0.39 is 25.7 Å². The summed E-state index contributed by atoms with van der Waals surface area (Å²) in [5, 5.41) is 4.48. The molecule has 0 saturated carbocycles. The number of aromatic nitrogens is 2. The number of sulfone groups is 1. The average Bonchev–Trinajstić information content (AvgIpc) is 3.29. The van der Waals surface area contributed by atoms with Crippen molar-refractivity contribution >= 4 is 36.6 Å². The Labute approximate surface area is 214 Å². The second-order valence-corrected chi connectivity index (χ2v) is 13.7. The van der Waals surface area contributed by atoms with Gasteiger partial charge < -0.3 is 9.42 Å². The first-order chi connectivity index (χ1) is 17.4. The number of hydrogen-bond donors (Lipinski definition) is 1. The van der Waals surface area contributed by atoms with Crippen LogP contribution in [0.1, 0.15) is 12.6 Å². The first-order valence-electron chi connectivity index (χ1n) is 11.4. The van der Waals surface area contributed by atoms with Gasteiger partial charge in [0, 0.05) is 36.2 Å². The molecule has 2 aromatic heterocycles. The summed E-state index contributed by atoms with van der Waals surface area (Å²) < 4.78 is 70.7. The van der Waals surface area contributed by atoms with E-state index in [1.807, 2.05) is 11.8 Å². The lowest BCUT2D eigenvalue weighted by Crippen LogP contribution is -2.58. The number of halogens is 1. The van der Waals surface area contributed by atoms with Crippen molar-refractivity contribution in [3.8, 4) is 11.3 Å². The molecule has 0 aliphatic carbocycles. The van der Waals surface area contributed by atoms with E-state index in [1.54, 1.807) is 36.4 Å². The van der Waals surface area contributed by atoms with E-state index in [9.17, 15) is 21.2 Å². The number of sulfonamides is 1. The van der Waals surface area contributed by atoms with Gasteiger partial charge in [-0.3, -0.25) is 0 Å². The molecule has 9 nitrogen and oxygen atoms in total. The summed E-state index contributed by atoms with van der Waals surface area (Å²) in [4.78, 5) is 6.69. The van der Waals surface area contributed by atoms with E-state index in [0.29, 0.717) is 35.5 Å². The van der Waals surface area contributed by atoms with Gasteiger partial charge in [-0.05, 0) is 42.5 Å². The maximum Gasteiger partial charge on any atom is 0.240 e. The minimum atomic E-state index is -3.87. The lowest BCUT2D eigenvalue weighted by molar-refractivity contribution is 0.278. The molecule has 1 fully saturated rings. The van der Waals surface area contributed by atoms with Crippen molar-refractivity contribution in [3.63, 3.8) is 0 Å². The molecular weight excluding hydrogens is 519 g/mol. The Morgan fingerprint density at radius 3 is 2.54 bits per heavy atom. The largest absolute Gasteiger partial charge is 0.356 e. The number of fused-ring (bicyclic) bond motifs is 1. The Morgan fingerprint density at radius 1 is 1.05 bits per heavy atom. The molecule has 2 aromatic carbocycles. The number of pyridine rings is 1. The summed E-state index contributed by atoms with van der Waals surface area (Å²) in [6, 6.07) is 15.8. The molecule has 12 heteroatoms. The minimum Gasteiger partial charge on any atom is -0.356 e. The fourth-order valence-corrected chi connectivity index (χ4v) is 7.12. The van der Waals surface area contributed by atoms with Gasteiger partial charge in [0.2, 0.25) is 10.0 Å². The quantitative estimate of drug-likeness (QED) is 0.358. The third-order valence-corrected chi connectivity index (χ3v) is 8.80. The van der Waals surface area contributed by atoms with Crippen LogP contribution in [0.3, 0.4) is 0 Å². The zero-order valence-electron chi connectivity index (χ0n) is 20.2. The second-order valence-electron chi connectivity index (χ2n) is 9.75. The number of nitrogens with one attached hydrogen (secondary N) is 1. The van der Waals surface area contributed by atoms with Gasteiger partial charge in [0.05, 0.1) is 34.0 Å². The van der Waals surface area contributed by atoms with E-state index in [1.165, 1.54) is 30.5 Å². The number of hydrogen-bond acceptors (Lipinski definition) is 8. The zero-order chi connectivity index (χ0) is 26.4. The predicted octanol–water partition coefficient (Wildman–Crippen LogP) is 3.38. The van der Waals surface area contributed by atoms with Gasteiger partial charge in [0.15, 0.2) is 5.76 Å². The highest BCUT2D eigenvalue weighted by molar-refractivity contribution is 7.90. The lowest BCUT2D eigenvalue weighted by atomic mass is 9.84. The molecule has 0 atom stereocenters. The van der Waals surface area contributed by atoms with E-state index in [0.717, 1.165) is 0 Å². The van der Waals surface area contributed by atoms with Crippen LogP contribution < -0.4 is 9.62 Å². The van der Waals surface area contributed by atoms with Gasteiger partial charge in [-0.15, -0.1) is 0 Å². The van der Waals surface area contributed by atoms with E-state index >= 15 is 0 Å². The molecule has 4 aromatic rings. The van der Waals surface area contributed by atoms with Crippen LogP contribution in [0.5, 0.6) is 0 Å². The molecule has 1 saturated heterocycles. The summed E-state index contributed by atoms with van der Waals surface area (Å²) in [5.74, 6) is 0.579. The number of benzene rings is 2. The first-order valence-corrected chi connectivity index (χ1v) is 15.0. The SMILES string of the molecule is CC1(CS(C)(=O)=O)CN(c2ccc3cc(S(=O)(=O)NCc4cc(-c5ccccc5F)on4)ccc3n2)C1. The topological polar surface area (TPSA) is 122 Å². The van der Waals surface area contributed by atoms with Crippen molar-refractivity contribution in [1.29, 1.82) is 0 Å². The number of anilines is 1. The van der Waals surface area contributed by atoms with Crippen LogP contribution in [0, 0.1) is 11.2 Å². The minimum absolute atomic E-state index is 0.0667. The van der Waals surface area contributed by atoms with Crippen LogP contribution in [0.25, 0.3) is 22.2 Å². The molecule has 3 heterocycles. The molecule has 0 bridgehead atoms. The van der Waals surface area contributed by atoms with Gasteiger partial charge in [0.1, 0.15) is 21.5 Å². The fraction of sp³-hybridized carbons (Fsp3) is 0.280. The van der Waals surface area contributed by atoms with Crippen molar-refractivity contribution in [3.05, 3.63) is 72.2 Å². The molecule has 0 radical (unpaired) electrons. The highest BCUT2D eigenvalue weighted by Gasteiger charge is 2.41. The van der Waals surface area contributed by atoms with Crippen molar-refractivity contribution in [2.24, 2.45) is 5.41 Å². The van der Waals surface area contributed by atoms with Crippen LogP contribution >= 0.6 is 0 Å². The zero-order valence-corrected chi connectivity index (χ0v) is 21.8. The number of rotatable bonds is 8. The van der Waals surface area contributed by atoms with Crippen LogP contribution in [0.2, 0.25) is 0 Å². The first kappa shape index (κ1) is 25.3. The van der Waals surface area contributed by atoms with Crippen molar-refractivity contribution in [2.75, 3.05) is 30.0 Å². The molecule has 1 N–H and O–H groups in total. The predicted molar refractivity (Wildman–Crippen MR) is 138 cm³/mol. The summed E-state index contributed by atoms with van der Waals surface area (Å²) in [5.41, 5.74) is 0.863. The normalized spacial score (nSPS) is 15.6. The average molecular weight is 545 g/mol. The molecule has 0 unspecified atom stereocenters. The monoisotopic (exact) mass is 544 g/mol. The smallest absolute Gasteiger partial charge is 0.240 e. The molecular formula is C25H25FN4O5S2. The van der Waals surface area contributed by atoms with E-state index in [4.69, 9.17) is 4.52 Å². The van der Waals surface area contributed by atoms with Crippen LogP contribution in [-0.4, -0.2) is 52.1 Å². The van der Waals surface area contributed by atoms with Crippen molar-refractivity contribution in [1.82, 2.24) is 14.9 Å². The molecule has 194 valence electrons. The molecule has 37 heavy (non-hydrogen) atoms. The molecule has 0 amide bonds. The second kappa shape index (κ2) is 9.19. The molecule has 5 rings (SSSR count). The summed E-state index contributed by atoms with van der Waals surface area (Å²) in [6.07, 6.45) is 1.24. The molecule has 0 spiro atoms. The van der Waals surface area contributed by atoms with Gasteiger partial charge in [-0.25, -0.2) is 30.9 Å². The molecule has 1 aliphatic rings. The fourth-order valence-electron chi connectivity index (χ4n) is 4.63. The standard InChI is InChI=1S/C25H25FN4O5S2/c1-25(16-36(2,31)32)14-30(15-25)24-10-7-17-11-19(8-9-22(17)28-24)37(33,34)27-13-18-12-23(35-29-18)20-5-3-4-6-21(20)26/h3-12,27H,13-16H2,1-2H3.